The lowest BCUT2D eigenvalue weighted by Gasteiger charge is -2.28. The average Bonchev–Trinajstić information content (AvgIpc) is 2.70. The summed E-state index contributed by atoms with van der Waals surface area (Å²) >= 11 is 0. The zero-order valence-electron chi connectivity index (χ0n) is 8.57. The van der Waals surface area contributed by atoms with Crippen molar-refractivity contribution in [3.05, 3.63) is 35.9 Å². The second-order valence-corrected chi connectivity index (χ2v) is 3.57. The summed E-state index contributed by atoms with van der Waals surface area (Å²) in [6, 6.07) is 10.3. The molecule has 0 spiro atoms. The summed E-state index contributed by atoms with van der Waals surface area (Å²) in [7, 11) is 0. The number of benzene rings is 1. The van der Waals surface area contributed by atoms with Crippen LogP contribution in [-0.2, 0) is 10.5 Å². The van der Waals surface area contributed by atoms with E-state index in [4.69, 9.17) is 4.74 Å². The van der Waals surface area contributed by atoms with Gasteiger partial charge in [0.05, 0.1) is 0 Å². The molecule has 1 heterocycles. The molecule has 2 nitrogen and oxygen atoms in total. The molecule has 1 aliphatic heterocycles. The first kappa shape index (κ1) is 9.69. The molecule has 2 rings (SSSR count). The first-order valence-electron chi connectivity index (χ1n) is 5.25. The normalized spacial score (nSPS) is 26.6. The van der Waals surface area contributed by atoms with Crippen molar-refractivity contribution in [2.45, 2.75) is 25.5 Å². The Morgan fingerprint density at radius 1 is 1.36 bits per heavy atom. The minimum Gasteiger partial charge on any atom is -0.355 e. The van der Waals surface area contributed by atoms with E-state index in [0.29, 0.717) is 0 Å². The average molecular weight is 190 g/mol. The molecule has 75 valence electrons. The number of hydrogen-bond acceptors (Lipinski definition) is 1. The minimum atomic E-state index is -0.337. The van der Waals surface area contributed by atoms with Gasteiger partial charge < -0.3 is 4.74 Å². The zero-order valence-corrected chi connectivity index (χ0v) is 8.57. The quantitative estimate of drug-likeness (QED) is 0.717. The summed E-state index contributed by atoms with van der Waals surface area (Å²) in [5, 5.41) is 4.60. The Balaban J connectivity index is 2.27. The van der Waals surface area contributed by atoms with Crippen LogP contribution in [0.5, 0.6) is 0 Å². The topological polar surface area (TPSA) is 23.3 Å². The van der Waals surface area contributed by atoms with Crippen LogP contribution in [0.25, 0.3) is 0 Å². The van der Waals surface area contributed by atoms with E-state index in [1.54, 1.807) is 0 Å². The van der Waals surface area contributed by atoms with Gasteiger partial charge in [-0.25, -0.2) is 5.32 Å². The molecule has 0 aromatic heterocycles. The number of hydrogen-bond donors (Lipinski definition) is 0. The summed E-state index contributed by atoms with van der Waals surface area (Å²) in [5.74, 6) is 0. The predicted molar refractivity (Wildman–Crippen MR) is 56.0 cm³/mol. The van der Waals surface area contributed by atoms with Crippen molar-refractivity contribution >= 4 is 0 Å². The van der Waals surface area contributed by atoms with E-state index in [-0.39, 0.29) is 5.72 Å². The standard InChI is InChI=1S/C12H16NO/c1-2-14-12(9-6-10-13-12)11-7-4-3-5-8-11/h3-5,7-8H,2,6,9-10H2,1H3. The first-order chi connectivity index (χ1) is 6.87. The minimum absolute atomic E-state index is 0.337. The zero-order chi connectivity index (χ0) is 9.86. The van der Waals surface area contributed by atoms with Gasteiger partial charge in [0, 0.05) is 13.2 Å². The van der Waals surface area contributed by atoms with Gasteiger partial charge in [-0.3, -0.25) is 0 Å². The fourth-order valence-electron chi connectivity index (χ4n) is 2.03. The molecule has 1 fully saturated rings. The van der Waals surface area contributed by atoms with Crippen LogP contribution in [0.15, 0.2) is 30.3 Å². The van der Waals surface area contributed by atoms with E-state index in [2.05, 4.69) is 17.4 Å². The van der Waals surface area contributed by atoms with Crippen molar-refractivity contribution in [3.63, 3.8) is 0 Å². The number of ether oxygens (including phenoxy) is 1. The molecule has 1 aliphatic rings. The fourth-order valence-corrected chi connectivity index (χ4v) is 2.03. The van der Waals surface area contributed by atoms with Crippen LogP contribution >= 0.6 is 0 Å². The highest BCUT2D eigenvalue weighted by Crippen LogP contribution is 2.33. The lowest BCUT2D eigenvalue weighted by Crippen LogP contribution is -2.34. The predicted octanol–water partition coefficient (Wildman–Crippen LogP) is 2.27. The molecule has 14 heavy (non-hydrogen) atoms. The van der Waals surface area contributed by atoms with Gasteiger partial charge in [-0.1, -0.05) is 30.3 Å². The Labute approximate surface area is 85.3 Å². The second-order valence-electron chi connectivity index (χ2n) is 3.57. The largest absolute Gasteiger partial charge is 0.355 e. The van der Waals surface area contributed by atoms with Crippen LogP contribution in [0, 0.1) is 0 Å². The van der Waals surface area contributed by atoms with Gasteiger partial charge in [-0.2, -0.15) is 0 Å². The Morgan fingerprint density at radius 2 is 2.14 bits per heavy atom. The third kappa shape index (κ3) is 1.68. The van der Waals surface area contributed by atoms with Crippen LogP contribution in [0.4, 0.5) is 0 Å². The summed E-state index contributed by atoms with van der Waals surface area (Å²) in [4.78, 5) is 0. The molecule has 1 atom stereocenters. The van der Waals surface area contributed by atoms with E-state index < -0.39 is 0 Å². The van der Waals surface area contributed by atoms with Gasteiger partial charge in [0.25, 0.3) is 0 Å². The smallest absolute Gasteiger partial charge is 0.160 e. The Hall–Kier alpha value is -0.860. The molecule has 1 unspecified atom stereocenters. The van der Waals surface area contributed by atoms with Crippen LogP contribution in [0.3, 0.4) is 0 Å². The molecule has 1 saturated heterocycles. The second kappa shape index (κ2) is 4.11. The highest BCUT2D eigenvalue weighted by Gasteiger charge is 2.37. The van der Waals surface area contributed by atoms with Gasteiger partial charge in [-0.15, -0.1) is 0 Å². The molecule has 2 heteroatoms. The molecule has 1 radical (unpaired) electrons. The molecular weight excluding hydrogens is 174 g/mol. The highest BCUT2D eigenvalue weighted by molar-refractivity contribution is 5.22. The lowest BCUT2D eigenvalue weighted by atomic mass is 10.0. The third-order valence-electron chi connectivity index (χ3n) is 2.65. The van der Waals surface area contributed by atoms with Crippen LogP contribution in [0.1, 0.15) is 25.3 Å². The van der Waals surface area contributed by atoms with E-state index >= 15 is 0 Å². The van der Waals surface area contributed by atoms with Crippen molar-refractivity contribution in [2.24, 2.45) is 0 Å². The molecule has 0 bridgehead atoms. The maximum atomic E-state index is 5.81. The lowest BCUT2D eigenvalue weighted by molar-refractivity contribution is -0.0597. The van der Waals surface area contributed by atoms with Crippen LogP contribution in [-0.4, -0.2) is 13.2 Å². The maximum absolute atomic E-state index is 5.81. The molecule has 0 amide bonds. The SMILES string of the molecule is CCOC1(c2ccccc2)CCC[N]1. The van der Waals surface area contributed by atoms with Crippen molar-refractivity contribution < 1.29 is 4.74 Å². The van der Waals surface area contributed by atoms with E-state index in [0.717, 1.165) is 26.0 Å². The Kier molecular flexibility index (Phi) is 2.85. The van der Waals surface area contributed by atoms with Gasteiger partial charge in [0.2, 0.25) is 0 Å². The summed E-state index contributed by atoms with van der Waals surface area (Å²) in [5.41, 5.74) is 0.857. The molecular formula is C12H16NO. The summed E-state index contributed by atoms with van der Waals surface area (Å²) in [6.45, 7) is 3.67. The van der Waals surface area contributed by atoms with Gasteiger partial charge in [0.15, 0.2) is 5.72 Å². The highest BCUT2D eigenvalue weighted by atomic mass is 16.5. The first-order valence-corrected chi connectivity index (χ1v) is 5.25. The van der Waals surface area contributed by atoms with E-state index in [9.17, 15) is 0 Å². The fraction of sp³-hybridized carbons (Fsp3) is 0.500. The Bertz CT molecular complexity index is 278. The van der Waals surface area contributed by atoms with E-state index in [1.165, 1.54) is 5.56 Å². The number of rotatable bonds is 3. The molecule has 1 aromatic carbocycles. The third-order valence-corrected chi connectivity index (χ3v) is 2.65. The molecule has 0 N–H and O–H groups in total. The van der Waals surface area contributed by atoms with Gasteiger partial charge >= 0.3 is 0 Å². The molecule has 0 saturated carbocycles. The van der Waals surface area contributed by atoms with Crippen molar-refractivity contribution in [3.8, 4) is 0 Å². The molecule has 1 aromatic rings. The maximum Gasteiger partial charge on any atom is 0.160 e. The summed E-state index contributed by atoms with van der Waals surface area (Å²) in [6.07, 6.45) is 2.15. The van der Waals surface area contributed by atoms with Crippen LogP contribution < -0.4 is 5.32 Å². The van der Waals surface area contributed by atoms with Crippen molar-refractivity contribution in [1.82, 2.24) is 5.32 Å². The van der Waals surface area contributed by atoms with E-state index in [1.807, 2.05) is 25.1 Å². The van der Waals surface area contributed by atoms with Crippen molar-refractivity contribution in [2.75, 3.05) is 13.2 Å². The van der Waals surface area contributed by atoms with Gasteiger partial charge in [0.1, 0.15) is 0 Å². The molecule has 0 aliphatic carbocycles. The summed E-state index contributed by atoms with van der Waals surface area (Å²) < 4.78 is 5.81. The Morgan fingerprint density at radius 3 is 2.71 bits per heavy atom. The monoisotopic (exact) mass is 190 g/mol. The number of nitrogens with zero attached hydrogens (tertiary/aromatic N) is 1. The van der Waals surface area contributed by atoms with Crippen LogP contribution in [0.2, 0.25) is 0 Å². The van der Waals surface area contributed by atoms with Crippen molar-refractivity contribution in [1.29, 1.82) is 0 Å². The van der Waals surface area contributed by atoms with Gasteiger partial charge in [-0.05, 0) is 25.3 Å².